The summed E-state index contributed by atoms with van der Waals surface area (Å²) in [5.74, 6) is 0. The number of hydrogen-bond donors (Lipinski definition) is 1. The second-order valence-electron chi connectivity index (χ2n) is 7.91. The Bertz CT molecular complexity index is 1040. The molecule has 0 bridgehead atoms. The minimum absolute atomic E-state index is 0.157. The van der Waals surface area contributed by atoms with E-state index in [0.717, 1.165) is 25.9 Å². The van der Waals surface area contributed by atoms with Crippen LogP contribution in [0.5, 0.6) is 0 Å². The number of aliphatic hydroxyl groups is 1. The first-order valence-corrected chi connectivity index (χ1v) is 10.2. The van der Waals surface area contributed by atoms with Crippen molar-refractivity contribution in [3.63, 3.8) is 0 Å². The summed E-state index contributed by atoms with van der Waals surface area (Å²) in [7, 11) is 0. The van der Waals surface area contributed by atoms with E-state index in [0.29, 0.717) is 0 Å². The van der Waals surface area contributed by atoms with Crippen molar-refractivity contribution in [2.75, 3.05) is 13.1 Å². The number of rotatable bonds is 3. The predicted molar refractivity (Wildman–Crippen MR) is 117 cm³/mol. The summed E-state index contributed by atoms with van der Waals surface area (Å²) >= 11 is 0. The number of hydrogen-bond acceptors (Lipinski definition) is 2. The van der Waals surface area contributed by atoms with Crippen molar-refractivity contribution in [2.24, 2.45) is 0 Å². The van der Waals surface area contributed by atoms with Gasteiger partial charge in [-0.05, 0) is 64.2 Å². The first-order valence-electron chi connectivity index (χ1n) is 10.2. The molecule has 1 aliphatic heterocycles. The van der Waals surface area contributed by atoms with Gasteiger partial charge in [-0.25, -0.2) is 0 Å². The lowest BCUT2D eigenvalue weighted by Gasteiger charge is -2.37. The molecule has 1 atom stereocenters. The van der Waals surface area contributed by atoms with Crippen LogP contribution in [-0.2, 0) is 0 Å². The van der Waals surface area contributed by atoms with Gasteiger partial charge in [-0.15, -0.1) is 0 Å². The Balaban J connectivity index is 1.64. The SMILES string of the molecule is OC1CCCN(C(c2ccc3ccccc3c2)c2ccc3ccccc3c2)C1. The van der Waals surface area contributed by atoms with Gasteiger partial charge in [0.25, 0.3) is 0 Å². The van der Waals surface area contributed by atoms with Crippen molar-refractivity contribution >= 4 is 21.5 Å². The van der Waals surface area contributed by atoms with Crippen LogP contribution in [0.3, 0.4) is 0 Å². The first-order chi connectivity index (χ1) is 13.8. The molecule has 0 saturated carbocycles. The molecule has 0 spiro atoms. The van der Waals surface area contributed by atoms with E-state index >= 15 is 0 Å². The largest absolute Gasteiger partial charge is 0.392 e. The van der Waals surface area contributed by atoms with Crippen LogP contribution in [0.1, 0.15) is 30.0 Å². The predicted octanol–water partition coefficient (Wildman–Crippen LogP) is 5.54. The normalized spacial score (nSPS) is 18.1. The number of nitrogens with zero attached hydrogens (tertiary/aromatic N) is 1. The summed E-state index contributed by atoms with van der Waals surface area (Å²) < 4.78 is 0. The maximum atomic E-state index is 10.3. The van der Waals surface area contributed by atoms with Crippen LogP contribution in [-0.4, -0.2) is 29.2 Å². The van der Waals surface area contributed by atoms with E-state index in [1.165, 1.54) is 32.7 Å². The van der Waals surface area contributed by atoms with Gasteiger partial charge in [0.15, 0.2) is 0 Å². The average molecular weight is 367 g/mol. The molecule has 2 nitrogen and oxygen atoms in total. The highest BCUT2D eigenvalue weighted by atomic mass is 16.3. The fourth-order valence-corrected chi connectivity index (χ4v) is 4.59. The third-order valence-corrected chi connectivity index (χ3v) is 5.97. The molecule has 4 aromatic carbocycles. The molecule has 1 fully saturated rings. The van der Waals surface area contributed by atoms with E-state index in [2.05, 4.69) is 89.8 Å². The van der Waals surface area contributed by atoms with Crippen LogP contribution in [0, 0.1) is 0 Å². The Morgan fingerprint density at radius 1 is 0.714 bits per heavy atom. The van der Waals surface area contributed by atoms with Crippen LogP contribution in [0.2, 0.25) is 0 Å². The molecule has 0 radical (unpaired) electrons. The van der Waals surface area contributed by atoms with Gasteiger partial charge < -0.3 is 5.11 Å². The number of fused-ring (bicyclic) bond motifs is 2. The smallest absolute Gasteiger partial charge is 0.0667 e. The van der Waals surface area contributed by atoms with E-state index < -0.39 is 0 Å². The molecule has 1 unspecified atom stereocenters. The molecule has 2 heteroatoms. The first kappa shape index (κ1) is 17.4. The van der Waals surface area contributed by atoms with Gasteiger partial charge in [0.2, 0.25) is 0 Å². The van der Waals surface area contributed by atoms with Crippen molar-refractivity contribution in [1.82, 2.24) is 4.90 Å². The molecule has 0 amide bonds. The quantitative estimate of drug-likeness (QED) is 0.514. The molecule has 140 valence electrons. The van der Waals surface area contributed by atoms with Crippen LogP contribution in [0.25, 0.3) is 21.5 Å². The Kier molecular flexibility index (Phi) is 4.59. The molecular formula is C26H25NO. The monoisotopic (exact) mass is 367 g/mol. The highest BCUT2D eigenvalue weighted by Gasteiger charge is 2.27. The van der Waals surface area contributed by atoms with Gasteiger partial charge in [-0.1, -0.05) is 72.8 Å². The van der Waals surface area contributed by atoms with E-state index in [1.54, 1.807) is 0 Å². The van der Waals surface area contributed by atoms with Crippen molar-refractivity contribution < 1.29 is 5.11 Å². The van der Waals surface area contributed by atoms with Crippen LogP contribution in [0.15, 0.2) is 84.9 Å². The molecule has 0 aromatic heterocycles. The highest BCUT2D eigenvalue weighted by Crippen LogP contribution is 2.34. The molecule has 1 aliphatic rings. The molecule has 0 aliphatic carbocycles. The van der Waals surface area contributed by atoms with E-state index in [9.17, 15) is 5.11 Å². The summed E-state index contributed by atoms with van der Waals surface area (Å²) in [4.78, 5) is 2.45. The number of β-amino-alcohol motifs (C(OH)–C–C–N with tert-alkyl or cyclic N) is 1. The van der Waals surface area contributed by atoms with Crippen molar-refractivity contribution in [3.8, 4) is 0 Å². The lowest BCUT2D eigenvalue weighted by atomic mass is 9.91. The maximum Gasteiger partial charge on any atom is 0.0667 e. The number of likely N-dealkylation sites (tertiary alicyclic amines) is 1. The fraction of sp³-hybridized carbons (Fsp3) is 0.231. The van der Waals surface area contributed by atoms with Crippen molar-refractivity contribution in [1.29, 1.82) is 0 Å². The second kappa shape index (κ2) is 7.38. The maximum absolute atomic E-state index is 10.3. The summed E-state index contributed by atoms with van der Waals surface area (Å²) in [5.41, 5.74) is 2.59. The summed E-state index contributed by atoms with van der Waals surface area (Å²) in [5, 5.41) is 15.4. The third kappa shape index (κ3) is 3.30. The van der Waals surface area contributed by atoms with Crippen LogP contribution in [0.4, 0.5) is 0 Å². The fourth-order valence-electron chi connectivity index (χ4n) is 4.59. The number of aliphatic hydroxyl groups excluding tert-OH is 1. The van der Waals surface area contributed by atoms with Gasteiger partial charge >= 0.3 is 0 Å². The highest BCUT2D eigenvalue weighted by molar-refractivity contribution is 5.84. The lowest BCUT2D eigenvalue weighted by molar-refractivity contribution is 0.0552. The van der Waals surface area contributed by atoms with E-state index in [1.807, 2.05) is 0 Å². The Morgan fingerprint density at radius 3 is 1.79 bits per heavy atom. The Morgan fingerprint density at radius 2 is 1.25 bits per heavy atom. The minimum atomic E-state index is -0.239. The molecule has 1 saturated heterocycles. The van der Waals surface area contributed by atoms with Gasteiger partial charge in [-0.3, -0.25) is 4.90 Å². The zero-order valence-corrected chi connectivity index (χ0v) is 16.0. The van der Waals surface area contributed by atoms with E-state index in [4.69, 9.17) is 0 Å². The standard InChI is InChI=1S/C26H25NO/c28-25-10-5-15-27(18-25)26(23-13-11-19-6-1-3-8-21(19)16-23)24-14-12-20-7-2-4-9-22(20)17-24/h1-4,6-9,11-14,16-17,25-26,28H,5,10,15,18H2. The molecule has 5 rings (SSSR count). The third-order valence-electron chi connectivity index (χ3n) is 5.97. The average Bonchev–Trinajstić information content (AvgIpc) is 2.74. The Labute approximate surface area is 166 Å². The lowest BCUT2D eigenvalue weighted by Crippen LogP contribution is -2.41. The van der Waals surface area contributed by atoms with Crippen molar-refractivity contribution in [3.05, 3.63) is 96.1 Å². The molecule has 28 heavy (non-hydrogen) atoms. The number of piperidine rings is 1. The van der Waals surface area contributed by atoms with Crippen molar-refractivity contribution in [2.45, 2.75) is 25.0 Å². The van der Waals surface area contributed by atoms with E-state index in [-0.39, 0.29) is 12.1 Å². The summed E-state index contributed by atoms with van der Waals surface area (Å²) in [6.45, 7) is 1.74. The topological polar surface area (TPSA) is 23.5 Å². The van der Waals surface area contributed by atoms with Crippen LogP contribution >= 0.6 is 0 Å². The molecule has 1 heterocycles. The minimum Gasteiger partial charge on any atom is -0.392 e. The molecular weight excluding hydrogens is 342 g/mol. The van der Waals surface area contributed by atoms with Gasteiger partial charge in [-0.2, -0.15) is 0 Å². The molecule has 1 N–H and O–H groups in total. The molecule has 4 aromatic rings. The van der Waals surface area contributed by atoms with Crippen LogP contribution < -0.4 is 0 Å². The number of benzene rings is 4. The zero-order chi connectivity index (χ0) is 18.9. The second-order valence-corrected chi connectivity index (χ2v) is 7.91. The Hall–Kier alpha value is -2.68. The van der Waals surface area contributed by atoms with Gasteiger partial charge in [0.1, 0.15) is 0 Å². The van der Waals surface area contributed by atoms with Gasteiger partial charge in [0.05, 0.1) is 12.1 Å². The zero-order valence-electron chi connectivity index (χ0n) is 16.0. The van der Waals surface area contributed by atoms with Gasteiger partial charge in [0, 0.05) is 6.54 Å². The summed E-state index contributed by atoms with van der Waals surface area (Å²) in [6, 6.07) is 30.8. The summed E-state index contributed by atoms with van der Waals surface area (Å²) in [6.07, 6.45) is 1.70.